The van der Waals surface area contributed by atoms with E-state index in [0.29, 0.717) is 5.82 Å². The number of benzene rings is 1. The molecule has 9 heteroatoms. The van der Waals surface area contributed by atoms with E-state index in [1.165, 1.54) is 30.4 Å². The highest BCUT2D eigenvalue weighted by atomic mass is 16.6. The van der Waals surface area contributed by atoms with Crippen LogP contribution in [0, 0.1) is 10.1 Å². The lowest BCUT2D eigenvalue weighted by molar-refractivity contribution is -0.385. The fraction of sp³-hybridized carbons (Fsp3) is 0.182. The monoisotopic (exact) mass is 277 g/mol. The molecule has 1 amide bonds. The number of carbonyl (C=O) groups is 1. The predicted molar refractivity (Wildman–Crippen MR) is 66.9 cm³/mol. The van der Waals surface area contributed by atoms with Crippen molar-refractivity contribution in [3.05, 3.63) is 46.0 Å². The van der Waals surface area contributed by atoms with Crippen LogP contribution < -0.4 is 0 Å². The van der Waals surface area contributed by atoms with Gasteiger partial charge >= 0.3 is 5.69 Å². The molecule has 104 valence electrons. The van der Waals surface area contributed by atoms with E-state index >= 15 is 0 Å². The molecule has 2 rings (SSSR count). The number of aromatic hydroxyl groups is 1. The summed E-state index contributed by atoms with van der Waals surface area (Å²) in [5.41, 5.74) is -0.648. The number of phenolic OH excluding ortho intramolecular Hbond substituents is 1. The number of nitro groups is 1. The van der Waals surface area contributed by atoms with Crippen LogP contribution >= 0.6 is 0 Å². The first-order valence-electron chi connectivity index (χ1n) is 5.56. The molecule has 0 saturated heterocycles. The smallest absolute Gasteiger partial charge is 0.311 e. The molecule has 2 N–H and O–H groups in total. The number of aromatic amines is 1. The van der Waals surface area contributed by atoms with E-state index in [1.807, 2.05) is 0 Å². The van der Waals surface area contributed by atoms with Crippen molar-refractivity contribution in [1.29, 1.82) is 0 Å². The van der Waals surface area contributed by atoms with Crippen LogP contribution in [0.1, 0.15) is 16.2 Å². The molecular formula is C11H11N5O4. The second kappa shape index (κ2) is 5.34. The maximum Gasteiger partial charge on any atom is 0.311 e. The summed E-state index contributed by atoms with van der Waals surface area (Å²) >= 11 is 0. The van der Waals surface area contributed by atoms with Gasteiger partial charge in [-0.05, 0) is 6.07 Å². The molecule has 1 aromatic carbocycles. The number of hydrogen-bond donors (Lipinski definition) is 2. The third-order valence-electron chi connectivity index (χ3n) is 2.64. The summed E-state index contributed by atoms with van der Waals surface area (Å²) < 4.78 is 0. The summed E-state index contributed by atoms with van der Waals surface area (Å²) in [5, 5.41) is 26.7. The summed E-state index contributed by atoms with van der Waals surface area (Å²) in [4.78, 5) is 27.3. The number of rotatable bonds is 4. The average Bonchev–Trinajstić information content (AvgIpc) is 2.90. The fourth-order valence-electron chi connectivity index (χ4n) is 1.66. The van der Waals surface area contributed by atoms with E-state index in [9.17, 15) is 20.0 Å². The van der Waals surface area contributed by atoms with Crippen LogP contribution in [0.3, 0.4) is 0 Å². The fourth-order valence-corrected chi connectivity index (χ4v) is 1.66. The molecule has 9 nitrogen and oxygen atoms in total. The molecule has 0 aliphatic carbocycles. The lowest BCUT2D eigenvalue weighted by Gasteiger charge is -2.16. The zero-order chi connectivity index (χ0) is 14.7. The molecule has 1 aromatic heterocycles. The van der Waals surface area contributed by atoms with Gasteiger partial charge in [-0.2, -0.15) is 5.10 Å². The Kier molecular flexibility index (Phi) is 3.60. The minimum absolute atomic E-state index is 0.138. The second-order valence-corrected chi connectivity index (χ2v) is 4.02. The molecule has 20 heavy (non-hydrogen) atoms. The van der Waals surface area contributed by atoms with Gasteiger partial charge in [0.15, 0.2) is 0 Å². The summed E-state index contributed by atoms with van der Waals surface area (Å²) in [6.45, 7) is 0.140. The molecule has 0 radical (unpaired) electrons. The number of hydrogen-bond acceptors (Lipinski definition) is 6. The number of phenols is 1. The third kappa shape index (κ3) is 2.55. The van der Waals surface area contributed by atoms with Crippen molar-refractivity contribution in [1.82, 2.24) is 20.1 Å². The Morgan fingerprint density at radius 1 is 1.55 bits per heavy atom. The van der Waals surface area contributed by atoms with Crippen molar-refractivity contribution in [2.45, 2.75) is 6.54 Å². The Morgan fingerprint density at radius 2 is 2.30 bits per heavy atom. The first-order valence-corrected chi connectivity index (χ1v) is 5.56. The van der Waals surface area contributed by atoms with Crippen molar-refractivity contribution in [2.24, 2.45) is 0 Å². The van der Waals surface area contributed by atoms with Gasteiger partial charge in [0, 0.05) is 13.1 Å². The molecule has 0 saturated carbocycles. The molecule has 0 unspecified atom stereocenters. The van der Waals surface area contributed by atoms with Gasteiger partial charge < -0.3 is 10.0 Å². The second-order valence-electron chi connectivity index (χ2n) is 4.02. The van der Waals surface area contributed by atoms with Crippen molar-refractivity contribution in [3.8, 4) is 5.75 Å². The summed E-state index contributed by atoms with van der Waals surface area (Å²) in [6, 6.07) is 3.79. The average molecular weight is 277 g/mol. The number of nitrogens with one attached hydrogen (secondary N) is 1. The van der Waals surface area contributed by atoms with Gasteiger partial charge in [-0.25, -0.2) is 4.98 Å². The van der Waals surface area contributed by atoms with Crippen molar-refractivity contribution in [2.75, 3.05) is 7.05 Å². The molecule has 0 spiro atoms. The standard InChI is InChI=1S/C11H11N5O4/c1-15(5-9-12-6-13-14-9)11(18)7-3-2-4-8(10(7)17)16(19)20/h2-4,6,17H,5H2,1H3,(H,12,13,14). The third-order valence-corrected chi connectivity index (χ3v) is 2.64. The highest BCUT2D eigenvalue weighted by Crippen LogP contribution is 2.30. The predicted octanol–water partition coefficient (Wildman–Crippen LogP) is 0.691. The van der Waals surface area contributed by atoms with Crippen LogP contribution in [-0.4, -0.2) is 43.1 Å². The maximum absolute atomic E-state index is 12.1. The molecule has 1 heterocycles. The number of nitrogens with zero attached hydrogens (tertiary/aromatic N) is 4. The highest BCUT2D eigenvalue weighted by molar-refractivity contribution is 5.97. The zero-order valence-corrected chi connectivity index (χ0v) is 10.5. The first kappa shape index (κ1) is 13.5. The Morgan fingerprint density at radius 3 is 2.90 bits per heavy atom. The molecule has 0 aliphatic heterocycles. The molecule has 2 aromatic rings. The number of aromatic nitrogens is 3. The molecule has 0 bridgehead atoms. The van der Waals surface area contributed by atoms with Crippen LogP contribution in [0.2, 0.25) is 0 Å². The van der Waals surface area contributed by atoms with Gasteiger partial charge in [-0.15, -0.1) is 0 Å². The Bertz CT molecular complexity index is 640. The van der Waals surface area contributed by atoms with E-state index < -0.39 is 22.3 Å². The van der Waals surface area contributed by atoms with Gasteiger partial charge in [-0.1, -0.05) is 6.07 Å². The number of H-pyrrole nitrogens is 1. The molecule has 0 atom stereocenters. The molecular weight excluding hydrogens is 266 g/mol. The van der Waals surface area contributed by atoms with Crippen molar-refractivity contribution < 1.29 is 14.8 Å². The lowest BCUT2D eigenvalue weighted by atomic mass is 10.1. The highest BCUT2D eigenvalue weighted by Gasteiger charge is 2.23. The SMILES string of the molecule is CN(Cc1ncn[nH]1)C(=O)c1cccc([N+](=O)[O-])c1O. The largest absolute Gasteiger partial charge is 0.502 e. The van der Waals surface area contributed by atoms with E-state index in [0.717, 1.165) is 6.07 Å². The van der Waals surface area contributed by atoms with E-state index in [-0.39, 0.29) is 12.1 Å². The molecule has 0 aliphatic rings. The molecule has 0 fully saturated rings. The lowest BCUT2D eigenvalue weighted by Crippen LogP contribution is -2.26. The van der Waals surface area contributed by atoms with Crippen LogP contribution in [0.4, 0.5) is 5.69 Å². The minimum atomic E-state index is -0.747. The number of amides is 1. The van der Waals surface area contributed by atoms with Crippen LogP contribution in [0.15, 0.2) is 24.5 Å². The quantitative estimate of drug-likeness (QED) is 0.625. The van der Waals surface area contributed by atoms with E-state index in [2.05, 4.69) is 15.2 Å². The van der Waals surface area contributed by atoms with Crippen molar-refractivity contribution >= 4 is 11.6 Å². The van der Waals surface area contributed by atoms with Gasteiger partial charge in [0.05, 0.1) is 17.0 Å². The van der Waals surface area contributed by atoms with Crippen LogP contribution in [-0.2, 0) is 6.54 Å². The van der Waals surface area contributed by atoms with E-state index in [1.54, 1.807) is 0 Å². The Balaban J connectivity index is 2.25. The first-order chi connectivity index (χ1) is 9.50. The van der Waals surface area contributed by atoms with Gasteiger partial charge in [0.2, 0.25) is 5.75 Å². The van der Waals surface area contributed by atoms with Crippen LogP contribution in [0.5, 0.6) is 5.75 Å². The number of nitro benzene ring substituents is 1. The van der Waals surface area contributed by atoms with Crippen molar-refractivity contribution in [3.63, 3.8) is 0 Å². The van der Waals surface area contributed by atoms with Gasteiger partial charge in [0.25, 0.3) is 5.91 Å². The zero-order valence-electron chi connectivity index (χ0n) is 10.5. The Labute approximate surface area is 113 Å². The number of carbonyl (C=O) groups excluding carboxylic acids is 1. The minimum Gasteiger partial charge on any atom is -0.502 e. The summed E-state index contributed by atoms with van der Waals surface area (Å²) in [5.74, 6) is -0.736. The summed E-state index contributed by atoms with van der Waals surface area (Å²) in [6.07, 6.45) is 1.30. The maximum atomic E-state index is 12.1. The van der Waals surface area contributed by atoms with Crippen LogP contribution in [0.25, 0.3) is 0 Å². The Hall–Kier alpha value is -2.97. The van der Waals surface area contributed by atoms with Gasteiger partial charge in [0.1, 0.15) is 12.2 Å². The number of para-hydroxylation sites is 1. The normalized spacial score (nSPS) is 10.2. The van der Waals surface area contributed by atoms with E-state index in [4.69, 9.17) is 0 Å². The summed E-state index contributed by atoms with van der Waals surface area (Å²) in [7, 11) is 1.49. The van der Waals surface area contributed by atoms with Gasteiger partial charge in [-0.3, -0.25) is 20.0 Å². The topological polar surface area (TPSA) is 125 Å².